The second kappa shape index (κ2) is 7.34. The lowest BCUT2D eigenvalue weighted by molar-refractivity contribution is 0.203. The molecule has 0 aliphatic carbocycles. The number of pyridine rings is 1. The van der Waals surface area contributed by atoms with Gasteiger partial charge in [-0.2, -0.15) is 0 Å². The summed E-state index contributed by atoms with van der Waals surface area (Å²) in [5, 5.41) is 2.47. The van der Waals surface area contributed by atoms with Crippen molar-refractivity contribution in [1.82, 2.24) is 10.3 Å². The summed E-state index contributed by atoms with van der Waals surface area (Å²) in [5.41, 5.74) is 3.76. The summed E-state index contributed by atoms with van der Waals surface area (Å²) in [5.74, 6) is 0.589. The maximum Gasteiger partial charge on any atom is 0.412 e. The Balaban J connectivity index is 1.86. The summed E-state index contributed by atoms with van der Waals surface area (Å²) < 4.78 is 5.24. The second-order valence-electron chi connectivity index (χ2n) is 5.96. The molecule has 3 rings (SSSR count). The van der Waals surface area contributed by atoms with Gasteiger partial charge < -0.3 is 15.0 Å². The van der Waals surface area contributed by atoms with Crippen LogP contribution >= 0.6 is 0 Å². The summed E-state index contributed by atoms with van der Waals surface area (Å²) in [6.07, 6.45) is 6.46. The van der Waals surface area contributed by atoms with E-state index in [4.69, 9.17) is 4.74 Å². The number of aromatic nitrogens is 1. The number of hydrogen-bond acceptors (Lipinski definition) is 4. The first-order valence-corrected chi connectivity index (χ1v) is 8.42. The van der Waals surface area contributed by atoms with E-state index in [0.29, 0.717) is 11.8 Å². The molecule has 5 heteroatoms. The van der Waals surface area contributed by atoms with E-state index in [1.807, 2.05) is 24.5 Å². The van der Waals surface area contributed by atoms with Crippen molar-refractivity contribution in [3.05, 3.63) is 53.9 Å². The van der Waals surface area contributed by atoms with Crippen molar-refractivity contribution in [2.45, 2.75) is 32.2 Å². The van der Waals surface area contributed by atoms with Crippen LogP contribution in [-0.2, 0) is 6.42 Å². The fourth-order valence-electron chi connectivity index (χ4n) is 3.31. The first-order valence-electron chi connectivity index (χ1n) is 8.42. The predicted octanol–water partition coefficient (Wildman–Crippen LogP) is 3.70. The van der Waals surface area contributed by atoms with E-state index in [9.17, 15) is 4.79 Å². The van der Waals surface area contributed by atoms with Crippen molar-refractivity contribution < 1.29 is 9.53 Å². The van der Waals surface area contributed by atoms with Crippen molar-refractivity contribution in [1.29, 1.82) is 0 Å². The zero-order chi connectivity index (χ0) is 16.9. The van der Waals surface area contributed by atoms with Crippen molar-refractivity contribution in [3.63, 3.8) is 0 Å². The molecule has 1 atom stereocenters. The van der Waals surface area contributed by atoms with Gasteiger partial charge in [0.15, 0.2) is 0 Å². The summed E-state index contributed by atoms with van der Waals surface area (Å²) in [7, 11) is 1.56. The van der Waals surface area contributed by atoms with Gasteiger partial charge in [-0.15, -0.1) is 0 Å². The van der Waals surface area contributed by atoms with Crippen LogP contribution in [0.3, 0.4) is 0 Å². The highest BCUT2D eigenvalue weighted by Gasteiger charge is 2.27. The Bertz CT molecular complexity index is 703. The van der Waals surface area contributed by atoms with E-state index in [2.05, 4.69) is 40.3 Å². The monoisotopic (exact) mass is 325 g/mol. The number of ether oxygens (including phenoxy) is 1. The fourth-order valence-corrected chi connectivity index (χ4v) is 3.31. The van der Waals surface area contributed by atoms with Crippen molar-refractivity contribution >= 4 is 11.8 Å². The van der Waals surface area contributed by atoms with Crippen LogP contribution in [0.25, 0.3) is 0 Å². The average molecular weight is 325 g/mol. The molecule has 0 fully saturated rings. The first kappa shape index (κ1) is 16.3. The highest BCUT2D eigenvalue weighted by atomic mass is 16.5. The van der Waals surface area contributed by atoms with E-state index in [1.54, 1.807) is 7.05 Å². The van der Waals surface area contributed by atoms with Gasteiger partial charge in [0.25, 0.3) is 0 Å². The molecule has 1 aromatic heterocycles. The number of fused-ring (bicyclic) bond motifs is 1. The van der Waals surface area contributed by atoms with Crippen LogP contribution in [0.5, 0.6) is 5.75 Å². The maximum absolute atomic E-state index is 11.4. The van der Waals surface area contributed by atoms with Gasteiger partial charge in [-0.3, -0.25) is 4.98 Å². The molecular weight excluding hydrogens is 302 g/mol. The number of hydrogen-bond donors (Lipinski definition) is 1. The SMILES string of the molecule is CCCC(c1ccncc1)N1CCc2cc(OC(=O)NC)ccc21. The van der Waals surface area contributed by atoms with Crippen LogP contribution in [0.2, 0.25) is 0 Å². The number of benzene rings is 1. The van der Waals surface area contributed by atoms with E-state index in [0.717, 1.165) is 25.8 Å². The van der Waals surface area contributed by atoms with Crippen LogP contribution in [0, 0.1) is 0 Å². The molecule has 0 saturated heterocycles. The number of amides is 1. The molecule has 1 aliphatic heterocycles. The molecule has 1 aromatic carbocycles. The van der Waals surface area contributed by atoms with Gasteiger partial charge in [0, 0.05) is 31.7 Å². The molecule has 0 saturated carbocycles. The maximum atomic E-state index is 11.4. The zero-order valence-electron chi connectivity index (χ0n) is 14.2. The minimum Gasteiger partial charge on any atom is -0.410 e. The Labute approximate surface area is 142 Å². The number of nitrogens with one attached hydrogen (secondary N) is 1. The van der Waals surface area contributed by atoms with Crippen LogP contribution in [-0.4, -0.2) is 24.7 Å². The first-order chi connectivity index (χ1) is 11.7. The van der Waals surface area contributed by atoms with Crippen LogP contribution in [0.1, 0.15) is 36.9 Å². The summed E-state index contributed by atoms with van der Waals surface area (Å²) in [6, 6.07) is 10.4. The van der Waals surface area contributed by atoms with E-state index >= 15 is 0 Å². The quantitative estimate of drug-likeness (QED) is 0.910. The Morgan fingerprint density at radius 1 is 1.33 bits per heavy atom. The molecule has 0 radical (unpaired) electrons. The van der Waals surface area contributed by atoms with Crippen molar-refractivity contribution in [2.75, 3.05) is 18.5 Å². The van der Waals surface area contributed by atoms with Gasteiger partial charge in [0.2, 0.25) is 0 Å². The van der Waals surface area contributed by atoms with Gasteiger partial charge >= 0.3 is 6.09 Å². The van der Waals surface area contributed by atoms with E-state index in [1.165, 1.54) is 16.8 Å². The molecule has 1 amide bonds. The molecule has 126 valence electrons. The number of carbonyl (C=O) groups is 1. The minimum atomic E-state index is -0.439. The molecule has 2 heterocycles. The summed E-state index contributed by atoms with van der Waals surface area (Å²) in [4.78, 5) is 18.0. The molecule has 0 bridgehead atoms. The second-order valence-corrected chi connectivity index (χ2v) is 5.96. The lowest BCUT2D eigenvalue weighted by atomic mass is 10.0. The molecule has 2 aromatic rings. The highest BCUT2D eigenvalue weighted by Crippen LogP contribution is 2.38. The van der Waals surface area contributed by atoms with E-state index < -0.39 is 6.09 Å². The topological polar surface area (TPSA) is 54.5 Å². The number of nitrogens with zero attached hydrogens (tertiary/aromatic N) is 2. The standard InChI is InChI=1S/C19H23N3O2/c1-3-4-17(14-7-10-21-11-8-14)22-12-9-15-13-16(5-6-18(15)22)24-19(23)20-2/h5-8,10-11,13,17H,3-4,9,12H2,1-2H3,(H,20,23). The number of carbonyl (C=O) groups excluding carboxylic acids is 1. The third-order valence-electron chi connectivity index (χ3n) is 4.43. The number of rotatable bonds is 5. The minimum absolute atomic E-state index is 0.352. The Morgan fingerprint density at radius 3 is 2.83 bits per heavy atom. The lowest BCUT2D eigenvalue weighted by Gasteiger charge is -2.30. The summed E-state index contributed by atoms with van der Waals surface area (Å²) in [6.45, 7) is 3.19. The zero-order valence-corrected chi connectivity index (χ0v) is 14.2. The van der Waals surface area contributed by atoms with Crippen molar-refractivity contribution in [3.8, 4) is 5.75 Å². The van der Waals surface area contributed by atoms with Crippen LogP contribution in [0.4, 0.5) is 10.5 Å². The van der Waals surface area contributed by atoms with Gasteiger partial charge in [-0.25, -0.2) is 4.79 Å². The van der Waals surface area contributed by atoms with Gasteiger partial charge in [0.05, 0.1) is 6.04 Å². The molecule has 0 spiro atoms. The largest absolute Gasteiger partial charge is 0.412 e. The summed E-state index contributed by atoms with van der Waals surface area (Å²) >= 11 is 0. The van der Waals surface area contributed by atoms with Gasteiger partial charge in [-0.05, 0) is 54.3 Å². The molecule has 1 aliphatic rings. The molecular formula is C19H23N3O2. The van der Waals surface area contributed by atoms with Gasteiger partial charge in [-0.1, -0.05) is 13.3 Å². The molecule has 1 unspecified atom stereocenters. The Hall–Kier alpha value is -2.56. The molecule has 1 N–H and O–H groups in total. The predicted molar refractivity (Wildman–Crippen MR) is 94.5 cm³/mol. The molecule has 5 nitrogen and oxygen atoms in total. The normalized spacial score (nSPS) is 14.2. The highest BCUT2D eigenvalue weighted by molar-refractivity contribution is 5.71. The van der Waals surface area contributed by atoms with Crippen molar-refractivity contribution in [2.24, 2.45) is 0 Å². The number of anilines is 1. The smallest absolute Gasteiger partial charge is 0.410 e. The molecule has 24 heavy (non-hydrogen) atoms. The third-order valence-corrected chi connectivity index (χ3v) is 4.43. The Kier molecular flexibility index (Phi) is 4.99. The fraction of sp³-hybridized carbons (Fsp3) is 0.368. The third kappa shape index (κ3) is 3.35. The lowest BCUT2D eigenvalue weighted by Crippen LogP contribution is -2.26. The van der Waals surface area contributed by atoms with Crippen LogP contribution in [0.15, 0.2) is 42.7 Å². The van der Waals surface area contributed by atoms with E-state index in [-0.39, 0.29) is 0 Å². The Morgan fingerprint density at radius 2 is 2.12 bits per heavy atom. The average Bonchev–Trinajstić information content (AvgIpc) is 3.03. The van der Waals surface area contributed by atoms with Gasteiger partial charge in [0.1, 0.15) is 5.75 Å². The van der Waals surface area contributed by atoms with Crippen LogP contribution < -0.4 is 15.0 Å².